The van der Waals surface area contributed by atoms with Gasteiger partial charge in [0.15, 0.2) is 0 Å². The quantitative estimate of drug-likeness (QED) is 0.745. The molecule has 0 atom stereocenters. The number of hydrogen-bond donors (Lipinski definition) is 1. The Bertz CT molecular complexity index is 694. The molecule has 28 heavy (non-hydrogen) atoms. The number of nitrogens with zero attached hydrogens (tertiary/aromatic N) is 2. The van der Waals surface area contributed by atoms with Gasteiger partial charge in [-0.3, -0.25) is 9.59 Å². The Hall–Kier alpha value is -2.77. The zero-order valence-electron chi connectivity index (χ0n) is 17.0. The van der Waals surface area contributed by atoms with Gasteiger partial charge in [-0.05, 0) is 38.5 Å². The number of carbonyl (C=O) groups is 3. The molecule has 3 amide bonds. The molecule has 2 rings (SSSR count). The SMILES string of the molecule is CCOC(=O)N1CCN(C(=O)C(C)(C)C(=O)NCc2ccc(OC)cc2)CC1. The Kier molecular flexibility index (Phi) is 7.25. The van der Waals surface area contributed by atoms with Gasteiger partial charge in [0, 0.05) is 32.7 Å². The van der Waals surface area contributed by atoms with Crippen LogP contribution in [0.3, 0.4) is 0 Å². The molecular weight excluding hydrogens is 362 g/mol. The summed E-state index contributed by atoms with van der Waals surface area (Å²) < 4.78 is 10.1. The first-order chi connectivity index (χ1) is 13.3. The van der Waals surface area contributed by atoms with Crippen LogP contribution in [0.2, 0.25) is 0 Å². The number of carbonyl (C=O) groups excluding carboxylic acids is 3. The van der Waals surface area contributed by atoms with Gasteiger partial charge in [-0.15, -0.1) is 0 Å². The van der Waals surface area contributed by atoms with E-state index in [1.165, 1.54) is 0 Å². The van der Waals surface area contributed by atoms with Crippen molar-refractivity contribution in [2.24, 2.45) is 5.41 Å². The molecule has 1 aromatic rings. The number of methoxy groups -OCH3 is 1. The van der Waals surface area contributed by atoms with Gasteiger partial charge >= 0.3 is 6.09 Å². The van der Waals surface area contributed by atoms with Crippen molar-refractivity contribution in [2.75, 3.05) is 39.9 Å². The Labute approximate surface area is 165 Å². The van der Waals surface area contributed by atoms with Crippen molar-refractivity contribution in [1.82, 2.24) is 15.1 Å². The van der Waals surface area contributed by atoms with Crippen LogP contribution >= 0.6 is 0 Å². The molecule has 1 fully saturated rings. The summed E-state index contributed by atoms with van der Waals surface area (Å²) in [6, 6.07) is 7.37. The van der Waals surface area contributed by atoms with Crippen LogP contribution in [0, 0.1) is 5.41 Å². The van der Waals surface area contributed by atoms with Gasteiger partial charge in [0.2, 0.25) is 11.8 Å². The third-order valence-electron chi connectivity index (χ3n) is 4.81. The van der Waals surface area contributed by atoms with Gasteiger partial charge in [-0.1, -0.05) is 12.1 Å². The van der Waals surface area contributed by atoms with E-state index in [0.29, 0.717) is 39.3 Å². The smallest absolute Gasteiger partial charge is 0.409 e. The van der Waals surface area contributed by atoms with Gasteiger partial charge in [0.05, 0.1) is 13.7 Å². The van der Waals surface area contributed by atoms with E-state index in [0.717, 1.165) is 11.3 Å². The Morgan fingerprint density at radius 3 is 2.14 bits per heavy atom. The second-order valence-corrected chi connectivity index (χ2v) is 7.13. The first kappa shape index (κ1) is 21.5. The van der Waals surface area contributed by atoms with Crippen LogP contribution in [0.15, 0.2) is 24.3 Å². The third-order valence-corrected chi connectivity index (χ3v) is 4.81. The molecule has 1 saturated heterocycles. The Morgan fingerprint density at radius 1 is 1.04 bits per heavy atom. The number of benzene rings is 1. The summed E-state index contributed by atoms with van der Waals surface area (Å²) in [6.45, 7) is 7.20. The van der Waals surface area contributed by atoms with E-state index in [4.69, 9.17) is 9.47 Å². The number of nitrogens with one attached hydrogen (secondary N) is 1. The minimum Gasteiger partial charge on any atom is -0.497 e. The van der Waals surface area contributed by atoms with Crippen molar-refractivity contribution in [1.29, 1.82) is 0 Å². The Morgan fingerprint density at radius 2 is 1.61 bits per heavy atom. The van der Waals surface area contributed by atoms with Crippen molar-refractivity contribution < 1.29 is 23.9 Å². The monoisotopic (exact) mass is 391 g/mol. The number of rotatable bonds is 6. The number of amides is 3. The predicted octanol–water partition coefficient (Wildman–Crippen LogP) is 1.64. The van der Waals surface area contributed by atoms with Crippen LogP contribution in [-0.4, -0.2) is 67.6 Å². The molecule has 0 radical (unpaired) electrons. The molecular formula is C20H29N3O5. The highest BCUT2D eigenvalue weighted by Crippen LogP contribution is 2.21. The lowest BCUT2D eigenvalue weighted by atomic mass is 9.90. The fourth-order valence-electron chi connectivity index (χ4n) is 2.95. The number of ether oxygens (including phenoxy) is 2. The molecule has 0 aliphatic carbocycles. The van der Waals surface area contributed by atoms with Crippen LogP contribution in [0.4, 0.5) is 4.79 Å². The third kappa shape index (κ3) is 5.15. The Balaban J connectivity index is 1.88. The van der Waals surface area contributed by atoms with Crippen molar-refractivity contribution in [2.45, 2.75) is 27.3 Å². The highest BCUT2D eigenvalue weighted by atomic mass is 16.6. The topological polar surface area (TPSA) is 88.2 Å². The molecule has 0 bridgehead atoms. The van der Waals surface area contributed by atoms with Gasteiger partial charge in [0.1, 0.15) is 11.2 Å². The summed E-state index contributed by atoms with van der Waals surface area (Å²) in [7, 11) is 1.59. The van der Waals surface area contributed by atoms with E-state index in [9.17, 15) is 14.4 Å². The van der Waals surface area contributed by atoms with Gasteiger partial charge in [0.25, 0.3) is 0 Å². The van der Waals surface area contributed by atoms with E-state index in [2.05, 4.69) is 5.32 Å². The minimum absolute atomic E-state index is 0.247. The zero-order chi connectivity index (χ0) is 20.7. The highest BCUT2D eigenvalue weighted by Gasteiger charge is 2.40. The van der Waals surface area contributed by atoms with Crippen molar-refractivity contribution in [3.63, 3.8) is 0 Å². The van der Waals surface area contributed by atoms with E-state index in [-0.39, 0.29) is 17.9 Å². The second kappa shape index (κ2) is 9.43. The van der Waals surface area contributed by atoms with Crippen LogP contribution < -0.4 is 10.1 Å². The fourth-order valence-corrected chi connectivity index (χ4v) is 2.95. The first-order valence-electron chi connectivity index (χ1n) is 9.42. The van der Waals surface area contributed by atoms with Crippen LogP contribution in [0.25, 0.3) is 0 Å². The molecule has 1 N–H and O–H groups in total. The van der Waals surface area contributed by atoms with E-state index < -0.39 is 5.41 Å². The summed E-state index contributed by atoms with van der Waals surface area (Å²) in [5.74, 6) is 0.164. The summed E-state index contributed by atoms with van der Waals surface area (Å²) in [5.41, 5.74) is -0.279. The molecule has 0 aromatic heterocycles. The summed E-state index contributed by atoms with van der Waals surface area (Å²) in [5, 5.41) is 2.83. The van der Waals surface area contributed by atoms with Crippen LogP contribution in [0.5, 0.6) is 5.75 Å². The van der Waals surface area contributed by atoms with E-state index in [1.54, 1.807) is 37.7 Å². The number of piperazine rings is 1. The standard InChI is InChI=1S/C20H29N3O5/c1-5-28-19(26)23-12-10-22(11-13-23)18(25)20(2,3)17(24)21-14-15-6-8-16(27-4)9-7-15/h6-9H,5,10-14H2,1-4H3,(H,21,24). The van der Waals surface area contributed by atoms with Crippen LogP contribution in [-0.2, 0) is 20.9 Å². The lowest BCUT2D eigenvalue weighted by Gasteiger charge is -2.37. The fraction of sp³-hybridized carbons (Fsp3) is 0.550. The van der Waals surface area contributed by atoms with E-state index in [1.807, 2.05) is 24.3 Å². The maximum absolute atomic E-state index is 12.9. The molecule has 154 valence electrons. The first-order valence-corrected chi connectivity index (χ1v) is 9.42. The maximum Gasteiger partial charge on any atom is 0.409 e. The molecule has 8 heteroatoms. The molecule has 1 aliphatic rings. The molecule has 1 aliphatic heterocycles. The van der Waals surface area contributed by atoms with Gasteiger partial charge in [-0.25, -0.2) is 4.79 Å². The largest absolute Gasteiger partial charge is 0.497 e. The molecule has 0 spiro atoms. The molecule has 1 aromatic carbocycles. The van der Waals surface area contributed by atoms with Crippen molar-refractivity contribution >= 4 is 17.9 Å². The zero-order valence-corrected chi connectivity index (χ0v) is 17.0. The predicted molar refractivity (Wildman–Crippen MR) is 104 cm³/mol. The van der Waals surface area contributed by atoms with E-state index >= 15 is 0 Å². The summed E-state index contributed by atoms with van der Waals surface area (Å²) in [6.07, 6.45) is -0.369. The lowest BCUT2D eigenvalue weighted by Crippen LogP contribution is -2.56. The average Bonchev–Trinajstić information content (AvgIpc) is 2.72. The maximum atomic E-state index is 12.9. The van der Waals surface area contributed by atoms with Gasteiger partial charge in [-0.2, -0.15) is 0 Å². The highest BCUT2D eigenvalue weighted by molar-refractivity contribution is 6.04. The molecule has 0 unspecified atom stereocenters. The summed E-state index contributed by atoms with van der Waals surface area (Å²) in [4.78, 5) is 40.5. The second-order valence-electron chi connectivity index (χ2n) is 7.13. The molecule has 8 nitrogen and oxygen atoms in total. The lowest BCUT2D eigenvalue weighted by molar-refractivity contribution is -0.149. The van der Waals surface area contributed by atoms with Crippen molar-refractivity contribution in [3.8, 4) is 5.75 Å². The normalized spacial score (nSPS) is 14.4. The summed E-state index contributed by atoms with van der Waals surface area (Å²) >= 11 is 0. The van der Waals surface area contributed by atoms with Crippen molar-refractivity contribution in [3.05, 3.63) is 29.8 Å². The van der Waals surface area contributed by atoms with Gasteiger partial charge < -0.3 is 24.6 Å². The molecule has 1 heterocycles. The molecule has 0 saturated carbocycles. The minimum atomic E-state index is -1.20. The number of hydrogen-bond acceptors (Lipinski definition) is 5. The average molecular weight is 391 g/mol. The van der Waals surface area contributed by atoms with Crippen LogP contribution in [0.1, 0.15) is 26.3 Å².